The van der Waals surface area contributed by atoms with Gasteiger partial charge >= 0.3 is 6.03 Å². The molecule has 2 aliphatic rings. The molecule has 0 aliphatic carbocycles. The number of imide groups is 2. The van der Waals surface area contributed by atoms with Crippen LogP contribution in [-0.4, -0.2) is 40.8 Å². The molecule has 0 unspecified atom stereocenters. The second kappa shape index (κ2) is 8.05. The predicted molar refractivity (Wildman–Crippen MR) is 109 cm³/mol. The van der Waals surface area contributed by atoms with Crippen LogP contribution in [0.15, 0.2) is 42.6 Å². The fourth-order valence-corrected chi connectivity index (χ4v) is 3.80. The Morgan fingerprint density at radius 3 is 2.45 bits per heavy atom. The number of carbonyl (C=O) groups is 4. The molecule has 0 atom stereocenters. The van der Waals surface area contributed by atoms with E-state index in [1.807, 2.05) is 12.1 Å². The Kier molecular flexibility index (Phi) is 5.28. The molecule has 5 amide bonds. The zero-order chi connectivity index (χ0) is 22.0. The second-order valence-corrected chi connectivity index (χ2v) is 7.36. The monoisotopic (exact) mass is 423 g/mol. The van der Waals surface area contributed by atoms with E-state index in [1.165, 1.54) is 13.1 Å². The molecule has 0 radical (unpaired) electrons. The van der Waals surface area contributed by atoms with Gasteiger partial charge in [-0.25, -0.2) is 9.78 Å². The van der Waals surface area contributed by atoms with Crippen LogP contribution in [0.2, 0.25) is 0 Å². The first kappa shape index (κ1) is 20.3. The normalized spacial score (nSPS) is 17.3. The number of amides is 5. The number of nitrogens with one attached hydrogen (secondary N) is 3. The van der Waals surface area contributed by atoms with E-state index in [0.29, 0.717) is 43.2 Å². The largest absolute Gasteiger partial charge is 0.439 e. The molecule has 1 spiro atoms. The van der Waals surface area contributed by atoms with Crippen molar-refractivity contribution in [3.8, 4) is 11.6 Å². The Morgan fingerprint density at radius 1 is 1.13 bits per heavy atom. The number of carbonyl (C=O) groups excluding carboxylic acids is 4. The van der Waals surface area contributed by atoms with Crippen molar-refractivity contribution in [1.82, 2.24) is 20.9 Å². The molecule has 0 bridgehead atoms. The van der Waals surface area contributed by atoms with Gasteiger partial charge in [-0.3, -0.25) is 25.0 Å². The molecular formula is C21H21N5O5. The topological polar surface area (TPSA) is 130 Å². The summed E-state index contributed by atoms with van der Waals surface area (Å²) in [6.45, 7) is 2.38. The Morgan fingerprint density at radius 2 is 1.84 bits per heavy atom. The van der Waals surface area contributed by atoms with E-state index in [2.05, 4.69) is 20.9 Å². The summed E-state index contributed by atoms with van der Waals surface area (Å²) in [6.07, 6.45) is 2.46. The number of benzene rings is 1. The molecule has 10 nitrogen and oxygen atoms in total. The Bertz CT molecular complexity index is 1020. The summed E-state index contributed by atoms with van der Waals surface area (Å²) >= 11 is 0. The van der Waals surface area contributed by atoms with Gasteiger partial charge in [-0.2, -0.15) is 0 Å². The molecule has 31 heavy (non-hydrogen) atoms. The number of ether oxygens (including phenoxy) is 1. The molecule has 2 aromatic rings. The van der Waals surface area contributed by atoms with Gasteiger partial charge < -0.3 is 15.0 Å². The lowest BCUT2D eigenvalue weighted by molar-refractivity contribution is -0.137. The van der Waals surface area contributed by atoms with Crippen LogP contribution >= 0.6 is 0 Å². The van der Waals surface area contributed by atoms with Crippen LogP contribution in [0.3, 0.4) is 0 Å². The minimum absolute atomic E-state index is 0.0980. The fraction of sp³-hybridized carbons (Fsp3) is 0.286. The molecule has 2 saturated heterocycles. The maximum Gasteiger partial charge on any atom is 0.328 e. The number of aromatic nitrogens is 1. The highest BCUT2D eigenvalue weighted by atomic mass is 16.5. The third-order valence-electron chi connectivity index (χ3n) is 5.31. The third kappa shape index (κ3) is 3.91. The van der Waals surface area contributed by atoms with Crippen LogP contribution in [0.25, 0.3) is 0 Å². The van der Waals surface area contributed by atoms with Gasteiger partial charge in [-0.15, -0.1) is 0 Å². The summed E-state index contributed by atoms with van der Waals surface area (Å²) < 4.78 is 5.75. The van der Waals surface area contributed by atoms with Crippen molar-refractivity contribution in [1.29, 1.82) is 0 Å². The summed E-state index contributed by atoms with van der Waals surface area (Å²) in [4.78, 5) is 53.5. The zero-order valence-electron chi connectivity index (χ0n) is 16.8. The quantitative estimate of drug-likeness (QED) is 0.617. The lowest BCUT2D eigenvalue weighted by Crippen LogP contribution is -2.71. The molecular weight excluding hydrogens is 402 g/mol. The minimum Gasteiger partial charge on any atom is -0.439 e. The van der Waals surface area contributed by atoms with Crippen molar-refractivity contribution in [3.05, 3.63) is 48.2 Å². The number of rotatable bonds is 5. The molecule has 0 saturated carbocycles. The van der Waals surface area contributed by atoms with E-state index in [4.69, 9.17) is 4.74 Å². The first-order valence-electron chi connectivity index (χ1n) is 9.80. The van der Waals surface area contributed by atoms with E-state index in [-0.39, 0.29) is 5.91 Å². The first-order valence-corrected chi connectivity index (χ1v) is 9.80. The average molecular weight is 423 g/mol. The van der Waals surface area contributed by atoms with Crippen LogP contribution in [0, 0.1) is 0 Å². The number of hydrogen-bond donors (Lipinski definition) is 3. The maximum absolute atomic E-state index is 12.5. The average Bonchev–Trinajstić information content (AvgIpc) is 3.18. The van der Waals surface area contributed by atoms with Crippen LogP contribution in [0.4, 0.5) is 10.5 Å². The zero-order valence-corrected chi connectivity index (χ0v) is 16.8. The molecule has 4 rings (SSSR count). The van der Waals surface area contributed by atoms with Gasteiger partial charge in [0.1, 0.15) is 5.75 Å². The van der Waals surface area contributed by atoms with Gasteiger partial charge in [0.05, 0.1) is 11.9 Å². The number of urea groups is 1. The number of nitrogens with zero attached hydrogens (tertiary/aromatic N) is 2. The van der Waals surface area contributed by atoms with Crippen molar-refractivity contribution >= 4 is 29.4 Å². The number of barbiturate groups is 1. The van der Waals surface area contributed by atoms with Crippen LogP contribution in [0.5, 0.6) is 11.6 Å². The highest BCUT2D eigenvalue weighted by Crippen LogP contribution is 2.36. The number of anilines is 1. The van der Waals surface area contributed by atoms with Crippen LogP contribution < -0.4 is 25.6 Å². The standard InChI is InChI=1S/C21H21N5O5/c1-13(27)22-11-14-3-6-16(7-4-14)31-17-8-5-15(12-23-17)26-10-2-9-21(26)18(28)24-20(30)25-19(21)29/h3-8,12H,2,9-11H2,1H3,(H,22,27)(H2,24,25,28,29,30). The molecule has 3 heterocycles. The summed E-state index contributed by atoms with van der Waals surface area (Å²) in [7, 11) is 0. The summed E-state index contributed by atoms with van der Waals surface area (Å²) in [5.41, 5.74) is 0.0599. The van der Waals surface area contributed by atoms with E-state index >= 15 is 0 Å². The molecule has 3 N–H and O–H groups in total. The SMILES string of the molecule is CC(=O)NCc1ccc(Oc2ccc(N3CCCC34C(=O)NC(=O)NC4=O)cn2)cc1. The number of hydrogen-bond acceptors (Lipinski definition) is 7. The van der Waals surface area contributed by atoms with Crippen molar-refractivity contribution in [2.75, 3.05) is 11.4 Å². The molecule has 2 aliphatic heterocycles. The molecule has 2 fully saturated rings. The van der Waals surface area contributed by atoms with Gasteiger partial charge in [0.25, 0.3) is 11.8 Å². The third-order valence-corrected chi connectivity index (χ3v) is 5.31. The second-order valence-electron chi connectivity index (χ2n) is 7.36. The van der Waals surface area contributed by atoms with Crippen molar-refractivity contribution < 1.29 is 23.9 Å². The minimum atomic E-state index is -1.46. The predicted octanol–water partition coefficient (Wildman–Crippen LogP) is 1.21. The first-order chi connectivity index (χ1) is 14.9. The van der Waals surface area contributed by atoms with Gasteiger partial charge in [0.15, 0.2) is 5.54 Å². The van der Waals surface area contributed by atoms with Gasteiger partial charge in [-0.1, -0.05) is 12.1 Å². The van der Waals surface area contributed by atoms with Gasteiger partial charge in [-0.05, 0) is 36.6 Å². The highest BCUT2D eigenvalue weighted by molar-refractivity contribution is 6.24. The summed E-state index contributed by atoms with van der Waals surface area (Å²) in [6, 6.07) is 9.79. The Labute approximate surface area is 178 Å². The van der Waals surface area contributed by atoms with E-state index < -0.39 is 23.4 Å². The smallest absolute Gasteiger partial charge is 0.328 e. The van der Waals surface area contributed by atoms with Gasteiger partial charge in [0, 0.05) is 26.1 Å². The number of pyridine rings is 1. The summed E-state index contributed by atoms with van der Waals surface area (Å²) in [5, 5.41) is 7.10. The van der Waals surface area contributed by atoms with Gasteiger partial charge in [0.2, 0.25) is 11.8 Å². The Hall–Kier alpha value is -3.95. The molecule has 1 aromatic carbocycles. The van der Waals surface area contributed by atoms with Crippen molar-refractivity contribution in [2.24, 2.45) is 0 Å². The molecule has 160 valence electrons. The highest BCUT2D eigenvalue weighted by Gasteiger charge is 2.57. The lowest BCUT2D eigenvalue weighted by atomic mass is 9.92. The van der Waals surface area contributed by atoms with E-state index in [0.717, 1.165) is 5.56 Å². The molecule has 1 aromatic heterocycles. The lowest BCUT2D eigenvalue weighted by Gasteiger charge is -2.38. The van der Waals surface area contributed by atoms with Crippen molar-refractivity contribution in [3.63, 3.8) is 0 Å². The van der Waals surface area contributed by atoms with E-state index in [1.54, 1.807) is 29.2 Å². The van der Waals surface area contributed by atoms with Crippen LogP contribution in [0.1, 0.15) is 25.3 Å². The van der Waals surface area contributed by atoms with Crippen molar-refractivity contribution in [2.45, 2.75) is 31.8 Å². The van der Waals surface area contributed by atoms with Crippen LogP contribution in [-0.2, 0) is 20.9 Å². The molecule has 10 heteroatoms. The van der Waals surface area contributed by atoms with E-state index in [9.17, 15) is 19.2 Å². The fourth-order valence-electron chi connectivity index (χ4n) is 3.80. The summed E-state index contributed by atoms with van der Waals surface area (Å²) in [5.74, 6) is -0.426. The maximum atomic E-state index is 12.5. The Balaban J connectivity index is 1.47.